The summed E-state index contributed by atoms with van der Waals surface area (Å²) in [5, 5.41) is 13.2. The maximum absolute atomic E-state index is 12.6. The van der Waals surface area contributed by atoms with Gasteiger partial charge in [0.25, 0.3) is 11.6 Å². The van der Waals surface area contributed by atoms with Crippen molar-refractivity contribution >= 4 is 23.3 Å². The number of carbonyl (C=O) groups excluding carboxylic acids is 2. The van der Waals surface area contributed by atoms with Crippen LogP contribution in [0.15, 0.2) is 30.3 Å². The molecule has 1 aromatic carbocycles. The quantitative estimate of drug-likeness (QED) is 0.456. The van der Waals surface area contributed by atoms with Crippen molar-refractivity contribution in [3.63, 3.8) is 0 Å². The molecule has 1 N–H and O–H groups in total. The second kappa shape index (κ2) is 8.11. The summed E-state index contributed by atoms with van der Waals surface area (Å²) in [6, 6.07) is 6.64. The van der Waals surface area contributed by atoms with Gasteiger partial charge >= 0.3 is 12.1 Å². The lowest BCUT2D eigenvalue weighted by atomic mass is 10.2. The molecular weight excluding hydrogens is 383 g/mol. The van der Waals surface area contributed by atoms with Gasteiger partial charge in [-0.15, -0.1) is 0 Å². The molecule has 0 aliphatic heterocycles. The van der Waals surface area contributed by atoms with Crippen LogP contribution in [0.4, 0.5) is 24.5 Å². The molecule has 28 heavy (non-hydrogen) atoms. The first-order chi connectivity index (χ1) is 13.0. The van der Waals surface area contributed by atoms with Gasteiger partial charge in [0.05, 0.1) is 10.5 Å². The number of amides is 1. The molecular formula is C17H16F3N3O5. The van der Waals surface area contributed by atoms with Gasteiger partial charge in [-0.05, 0) is 26.0 Å². The summed E-state index contributed by atoms with van der Waals surface area (Å²) in [6.45, 7) is 0.740. The third-order valence-electron chi connectivity index (χ3n) is 3.84. The molecule has 2 rings (SSSR count). The smallest absolute Gasteiger partial charge is 0.406 e. The van der Waals surface area contributed by atoms with Crippen LogP contribution in [0.1, 0.15) is 21.7 Å². The van der Waals surface area contributed by atoms with Crippen molar-refractivity contribution in [1.82, 2.24) is 4.57 Å². The number of nitro benzene ring substituents is 1. The van der Waals surface area contributed by atoms with E-state index in [2.05, 4.69) is 5.32 Å². The van der Waals surface area contributed by atoms with Gasteiger partial charge < -0.3 is 14.6 Å². The van der Waals surface area contributed by atoms with Crippen LogP contribution in [0, 0.1) is 24.0 Å². The lowest BCUT2D eigenvalue weighted by molar-refractivity contribution is -0.383. The standard InChI is InChI=1S/C17H16F3N3O5/c1-10-7-12(11(2)22(10)9-17(18,19)20)16(25)28-8-15(24)21-13-5-3-4-6-14(13)23(26)27/h3-7H,8-9H2,1-2H3,(H,21,24). The third-order valence-corrected chi connectivity index (χ3v) is 3.84. The van der Waals surface area contributed by atoms with E-state index in [1.54, 1.807) is 0 Å². The Morgan fingerprint density at radius 3 is 2.50 bits per heavy atom. The number of halogens is 3. The van der Waals surface area contributed by atoms with Gasteiger partial charge in [0.1, 0.15) is 12.2 Å². The zero-order valence-electron chi connectivity index (χ0n) is 14.9. The lowest BCUT2D eigenvalue weighted by Crippen LogP contribution is -2.22. The number of nitro groups is 1. The fourth-order valence-electron chi connectivity index (χ4n) is 2.56. The van der Waals surface area contributed by atoms with Crippen molar-refractivity contribution in [3.8, 4) is 0 Å². The Labute approximate surface area is 157 Å². The van der Waals surface area contributed by atoms with Crippen LogP contribution in [-0.4, -0.2) is 34.2 Å². The molecule has 0 aliphatic carbocycles. The van der Waals surface area contributed by atoms with Crippen molar-refractivity contribution in [2.75, 3.05) is 11.9 Å². The summed E-state index contributed by atoms with van der Waals surface area (Å²) in [4.78, 5) is 34.3. The van der Waals surface area contributed by atoms with Crippen molar-refractivity contribution in [1.29, 1.82) is 0 Å². The molecule has 0 radical (unpaired) electrons. The van der Waals surface area contributed by atoms with E-state index in [0.717, 1.165) is 4.57 Å². The predicted octanol–water partition coefficient (Wildman–Crippen LogP) is 3.37. The lowest BCUT2D eigenvalue weighted by Gasteiger charge is -2.12. The maximum Gasteiger partial charge on any atom is 0.406 e. The molecule has 0 unspecified atom stereocenters. The second-order valence-corrected chi connectivity index (χ2v) is 5.88. The zero-order valence-corrected chi connectivity index (χ0v) is 14.9. The van der Waals surface area contributed by atoms with Crippen molar-refractivity contribution in [3.05, 3.63) is 57.4 Å². The first kappa shape index (κ1) is 20.9. The van der Waals surface area contributed by atoms with Gasteiger partial charge in [-0.25, -0.2) is 4.79 Å². The number of hydrogen-bond donors (Lipinski definition) is 1. The van der Waals surface area contributed by atoms with Crippen molar-refractivity contribution in [2.24, 2.45) is 0 Å². The van der Waals surface area contributed by atoms with Crippen LogP contribution in [0.25, 0.3) is 0 Å². The van der Waals surface area contributed by atoms with Crippen molar-refractivity contribution in [2.45, 2.75) is 26.6 Å². The largest absolute Gasteiger partial charge is 0.452 e. The molecule has 1 heterocycles. The number of carbonyl (C=O) groups is 2. The van der Waals surface area contributed by atoms with E-state index in [9.17, 15) is 32.9 Å². The fourth-order valence-corrected chi connectivity index (χ4v) is 2.56. The normalized spacial score (nSPS) is 11.2. The molecule has 0 atom stereocenters. The Morgan fingerprint density at radius 2 is 1.89 bits per heavy atom. The summed E-state index contributed by atoms with van der Waals surface area (Å²) in [7, 11) is 0. The Kier molecular flexibility index (Phi) is 6.06. The topological polar surface area (TPSA) is 103 Å². The molecule has 0 saturated carbocycles. The van der Waals surface area contributed by atoms with E-state index in [1.807, 2.05) is 0 Å². The summed E-state index contributed by atoms with van der Waals surface area (Å²) in [6.07, 6.45) is -4.46. The van der Waals surface area contributed by atoms with Crippen LogP contribution in [-0.2, 0) is 16.1 Å². The zero-order chi connectivity index (χ0) is 21.1. The van der Waals surface area contributed by atoms with Crippen LogP contribution in [0.3, 0.4) is 0 Å². The monoisotopic (exact) mass is 399 g/mol. The minimum Gasteiger partial charge on any atom is -0.452 e. The Hall–Kier alpha value is -3.37. The number of rotatable bonds is 6. The van der Waals surface area contributed by atoms with E-state index in [0.29, 0.717) is 0 Å². The number of anilines is 1. The molecule has 0 fully saturated rings. The van der Waals surface area contributed by atoms with Crippen LogP contribution >= 0.6 is 0 Å². The number of nitrogens with zero attached hydrogens (tertiary/aromatic N) is 2. The van der Waals surface area contributed by atoms with Gasteiger partial charge in [-0.2, -0.15) is 13.2 Å². The van der Waals surface area contributed by atoms with E-state index in [-0.39, 0.29) is 28.3 Å². The van der Waals surface area contributed by atoms with Gasteiger partial charge in [0.15, 0.2) is 6.61 Å². The third kappa shape index (κ3) is 5.09. The second-order valence-electron chi connectivity index (χ2n) is 5.88. The number of hydrogen-bond acceptors (Lipinski definition) is 5. The van der Waals surface area contributed by atoms with Gasteiger partial charge in [0, 0.05) is 17.5 Å². The number of alkyl halides is 3. The molecule has 11 heteroatoms. The number of benzene rings is 1. The molecule has 0 bridgehead atoms. The average molecular weight is 399 g/mol. The first-order valence-corrected chi connectivity index (χ1v) is 7.93. The van der Waals surface area contributed by atoms with Crippen LogP contribution < -0.4 is 5.32 Å². The number of ether oxygens (including phenoxy) is 1. The molecule has 8 nitrogen and oxygen atoms in total. The molecule has 0 aliphatic rings. The Morgan fingerprint density at radius 1 is 1.25 bits per heavy atom. The Balaban J connectivity index is 2.04. The van der Waals surface area contributed by atoms with Gasteiger partial charge in [-0.1, -0.05) is 12.1 Å². The molecule has 2 aromatic rings. The molecule has 1 amide bonds. The van der Waals surface area contributed by atoms with E-state index in [4.69, 9.17) is 4.74 Å². The van der Waals surface area contributed by atoms with Crippen LogP contribution in [0.2, 0.25) is 0 Å². The number of para-hydroxylation sites is 2. The molecule has 0 saturated heterocycles. The number of esters is 1. The summed E-state index contributed by atoms with van der Waals surface area (Å²) in [5.74, 6) is -1.80. The minimum atomic E-state index is -4.46. The van der Waals surface area contributed by atoms with E-state index >= 15 is 0 Å². The first-order valence-electron chi connectivity index (χ1n) is 7.93. The molecule has 1 aromatic heterocycles. The molecule has 150 valence electrons. The summed E-state index contributed by atoms with van der Waals surface area (Å²) >= 11 is 0. The highest BCUT2D eigenvalue weighted by atomic mass is 19.4. The predicted molar refractivity (Wildman–Crippen MR) is 92.0 cm³/mol. The van der Waals surface area contributed by atoms with E-state index < -0.39 is 36.1 Å². The van der Waals surface area contributed by atoms with E-state index in [1.165, 1.54) is 44.2 Å². The highest BCUT2D eigenvalue weighted by Crippen LogP contribution is 2.24. The summed E-state index contributed by atoms with van der Waals surface area (Å²) < 4.78 is 43.6. The highest BCUT2D eigenvalue weighted by molar-refractivity contribution is 5.97. The van der Waals surface area contributed by atoms with Crippen molar-refractivity contribution < 1.29 is 32.4 Å². The van der Waals surface area contributed by atoms with Crippen LogP contribution in [0.5, 0.6) is 0 Å². The SMILES string of the molecule is Cc1cc(C(=O)OCC(=O)Nc2ccccc2[N+](=O)[O-])c(C)n1CC(F)(F)F. The maximum atomic E-state index is 12.6. The minimum absolute atomic E-state index is 0.0546. The summed E-state index contributed by atoms with van der Waals surface area (Å²) in [5.41, 5.74) is -0.236. The van der Waals surface area contributed by atoms with Gasteiger partial charge in [0.2, 0.25) is 0 Å². The Bertz CT molecular complexity index is 921. The fraction of sp³-hybridized carbons (Fsp3) is 0.294. The number of aromatic nitrogens is 1. The number of aryl methyl sites for hydroxylation is 1. The number of nitrogens with one attached hydrogen (secondary N) is 1. The average Bonchev–Trinajstić information content (AvgIpc) is 2.87. The highest BCUT2D eigenvalue weighted by Gasteiger charge is 2.30. The van der Waals surface area contributed by atoms with Gasteiger partial charge in [-0.3, -0.25) is 14.9 Å². The molecule has 0 spiro atoms.